The number of carbonyl (C=O) groups is 2. The zero-order valence-electron chi connectivity index (χ0n) is 6.34. The van der Waals surface area contributed by atoms with Crippen LogP contribution in [0, 0.1) is 10.1 Å². The van der Waals surface area contributed by atoms with Gasteiger partial charge in [0.1, 0.15) is 11.9 Å². The van der Waals surface area contributed by atoms with Gasteiger partial charge < -0.3 is 0 Å². The van der Waals surface area contributed by atoms with Gasteiger partial charge in [0.15, 0.2) is 12.6 Å². The first-order chi connectivity index (χ1) is 6.19. The van der Waals surface area contributed by atoms with Gasteiger partial charge in [0.05, 0.1) is 10.5 Å². The predicted molar refractivity (Wildman–Crippen MR) is 41.7 cm³/mol. The summed E-state index contributed by atoms with van der Waals surface area (Å²) >= 11 is 0. The van der Waals surface area contributed by atoms with E-state index in [1.54, 1.807) is 0 Å². The first-order valence-corrected chi connectivity index (χ1v) is 3.24. The number of nitrogens with zero attached hydrogens (tertiary/aromatic N) is 2. The minimum atomic E-state index is -0.686. The number of hydrogen-bond acceptors (Lipinski definition) is 5. The van der Waals surface area contributed by atoms with E-state index in [1.165, 1.54) is 0 Å². The van der Waals surface area contributed by atoms with Crippen molar-refractivity contribution in [1.82, 2.24) is 4.98 Å². The molecule has 13 heavy (non-hydrogen) atoms. The normalized spacial score (nSPS) is 9.23. The van der Waals surface area contributed by atoms with E-state index in [9.17, 15) is 19.7 Å². The van der Waals surface area contributed by atoms with Crippen LogP contribution < -0.4 is 0 Å². The summed E-state index contributed by atoms with van der Waals surface area (Å²) in [6.45, 7) is 0. The Morgan fingerprint density at radius 1 is 1.38 bits per heavy atom. The molecule has 0 atom stereocenters. The summed E-state index contributed by atoms with van der Waals surface area (Å²) in [5.74, 6) is 0. The molecule has 0 aliphatic rings. The number of carbonyl (C=O) groups excluding carboxylic acids is 2. The van der Waals surface area contributed by atoms with Crippen LogP contribution in [0.3, 0.4) is 0 Å². The molecule has 0 unspecified atom stereocenters. The number of rotatable bonds is 3. The molecule has 0 N–H and O–H groups in total. The quantitative estimate of drug-likeness (QED) is 0.386. The molecule has 0 saturated carbocycles. The van der Waals surface area contributed by atoms with E-state index in [-0.39, 0.29) is 16.9 Å². The fraction of sp³-hybridized carbons (Fsp3) is 0. The second-order valence-electron chi connectivity index (χ2n) is 2.16. The fourth-order valence-corrected chi connectivity index (χ4v) is 0.773. The number of aromatic nitrogens is 1. The van der Waals surface area contributed by atoms with Crippen molar-refractivity contribution < 1.29 is 14.5 Å². The largest absolute Gasteiger partial charge is 0.298 e. The van der Waals surface area contributed by atoms with Crippen LogP contribution in [0.25, 0.3) is 0 Å². The van der Waals surface area contributed by atoms with Crippen molar-refractivity contribution in [3.63, 3.8) is 0 Å². The van der Waals surface area contributed by atoms with Crippen molar-refractivity contribution in [3.05, 3.63) is 33.6 Å². The molecular weight excluding hydrogens is 176 g/mol. The average Bonchev–Trinajstić information content (AvgIpc) is 2.16. The molecule has 6 heteroatoms. The standard InChI is InChI=1S/C7H4N2O4/c10-3-5-1-6(9(12)13)2-8-7(5)4-11/h1-4H. The third-order valence-corrected chi connectivity index (χ3v) is 1.38. The maximum atomic E-state index is 10.3. The third kappa shape index (κ3) is 1.73. The van der Waals surface area contributed by atoms with E-state index in [1.807, 2.05) is 0 Å². The van der Waals surface area contributed by atoms with Gasteiger partial charge in [-0.05, 0) is 0 Å². The summed E-state index contributed by atoms with van der Waals surface area (Å²) in [5.41, 5.74) is -0.488. The number of aldehydes is 2. The summed E-state index contributed by atoms with van der Waals surface area (Å²) in [5, 5.41) is 10.2. The molecule has 0 aliphatic carbocycles. The molecule has 0 radical (unpaired) electrons. The van der Waals surface area contributed by atoms with Gasteiger partial charge in [-0.2, -0.15) is 0 Å². The van der Waals surface area contributed by atoms with Gasteiger partial charge in [-0.3, -0.25) is 19.7 Å². The van der Waals surface area contributed by atoms with E-state index in [2.05, 4.69) is 4.98 Å². The van der Waals surface area contributed by atoms with Crippen molar-refractivity contribution in [3.8, 4) is 0 Å². The summed E-state index contributed by atoms with van der Waals surface area (Å²) in [7, 11) is 0. The van der Waals surface area contributed by atoms with Gasteiger partial charge in [-0.15, -0.1) is 0 Å². The molecule has 6 nitrogen and oxygen atoms in total. The smallest absolute Gasteiger partial charge is 0.288 e. The number of pyridine rings is 1. The summed E-state index contributed by atoms with van der Waals surface area (Å²) in [4.78, 5) is 33.6. The number of hydrogen-bond donors (Lipinski definition) is 0. The van der Waals surface area contributed by atoms with Gasteiger partial charge in [-0.1, -0.05) is 0 Å². The lowest BCUT2D eigenvalue weighted by atomic mass is 10.2. The summed E-state index contributed by atoms with van der Waals surface area (Å²) in [6.07, 6.45) is 1.65. The Hall–Kier alpha value is -2.11. The SMILES string of the molecule is O=Cc1cc([N+](=O)[O-])cnc1C=O. The molecule has 0 amide bonds. The molecule has 0 spiro atoms. The lowest BCUT2D eigenvalue weighted by Crippen LogP contribution is -1.98. The zero-order valence-corrected chi connectivity index (χ0v) is 6.34. The molecule has 1 aromatic heterocycles. The van der Waals surface area contributed by atoms with E-state index < -0.39 is 4.92 Å². The molecule has 0 aliphatic heterocycles. The van der Waals surface area contributed by atoms with Gasteiger partial charge in [0.2, 0.25) is 0 Å². The third-order valence-electron chi connectivity index (χ3n) is 1.38. The molecule has 1 heterocycles. The van der Waals surface area contributed by atoms with Crippen molar-refractivity contribution in [2.75, 3.05) is 0 Å². The van der Waals surface area contributed by atoms with E-state index in [4.69, 9.17) is 0 Å². The van der Waals surface area contributed by atoms with Crippen molar-refractivity contribution in [2.24, 2.45) is 0 Å². The Balaban J connectivity index is 3.28. The molecule has 0 bridgehead atoms. The minimum Gasteiger partial charge on any atom is -0.298 e. The highest BCUT2D eigenvalue weighted by molar-refractivity contribution is 5.88. The van der Waals surface area contributed by atoms with Crippen LogP contribution in [0.5, 0.6) is 0 Å². The highest BCUT2D eigenvalue weighted by Crippen LogP contribution is 2.12. The van der Waals surface area contributed by atoms with E-state index in [0.29, 0.717) is 12.6 Å². The topological polar surface area (TPSA) is 90.2 Å². The van der Waals surface area contributed by atoms with E-state index in [0.717, 1.165) is 12.3 Å². The first kappa shape index (κ1) is 8.98. The highest BCUT2D eigenvalue weighted by atomic mass is 16.6. The number of nitro groups is 1. The van der Waals surface area contributed by atoms with Crippen LogP contribution in [0.2, 0.25) is 0 Å². The molecule has 66 valence electrons. The predicted octanol–water partition coefficient (Wildman–Crippen LogP) is 0.615. The van der Waals surface area contributed by atoms with Crippen molar-refractivity contribution in [2.45, 2.75) is 0 Å². The summed E-state index contributed by atoms with van der Waals surface area (Å²) < 4.78 is 0. The van der Waals surface area contributed by atoms with E-state index >= 15 is 0 Å². The van der Waals surface area contributed by atoms with Crippen LogP contribution in [0.1, 0.15) is 20.8 Å². The molecule has 0 aromatic carbocycles. The minimum absolute atomic E-state index is 0.0794. The van der Waals surface area contributed by atoms with Crippen LogP contribution in [0.4, 0.5) is 5.69 Å². The average molecular weight is 180 g/mol. The summed E-state index contributed by atoms with van der Waals surface area (Å²) in [6, 6.07) is 1.00. The van der Waals surface area contributed by atoms with Crippen LogP contribution >= 0.6 is 0 Å². The lowest BCUT2D eigenvalue weighted by Gasteiger charge is -1.94. The second kappa shape index (κ2) is 3.53. The van der Waals surface area contributed by atoms with Crippen molar-refractivity contribution >= 4 is 18.3 Å². The second-order valence-corrected chi connectivity index (χ2v) is 2.16. The Morgan fingerprint density at radius 3 is 2.54 bits per heavy atom. The Bertz CT molecular complexity index is 375. The molecular formula is C7H4N2O4. The molecule has 0 saturated heterocycles. The Kier molecular flexibility index (Phi) is 2.44. The van der Waals surface area contributed by atoms with Crippen LogP contribution in [-0.4, -0.2) is 22.5 Å². The van der Waals surface area contributed by atoms with Gasteiger partial charge in [0, 0.05) is 6.07 Å². The Morgan fingerprint density at radius 2 is 2.08 bits per heavy atom. The lowest BCUT2D eigenvalue weighted by molar-refractivity contribution is -0.385. The maximum absolute atomic E-state index is 10.3. The fourth-order valence-electron chi connectivity index (χ4n) is 0.773. The monoisotopic (exact) mass is 180 g/mol. The van der Waals surface area contributed by atoms with Gasteiger partial charge >= 0.3 is 0 Å². The zero-order chi connectivity index (χ0) is 9.84. The van der Waals surface area contributed by atoms with Gasteiger partial charge in [-0.25, -0.2) is 4.98 Å². The molecule has 1 aromatic rings. The van der Waals surface area contributed by atoms with Crippen LogP contribution in [0.15, 0.2) is 12.3 Å². The van der Waals surface area contributed by atoms with Crippen molar-refractivity contribution in [1.29, 1.82) is 0 Å². The first-order valence-electron chi connectivity index (χ1n) is 3.24. The molecule has 0 fully saturated rings. The maximum Gasteiger partial charge on any atom is 0.288 e. The highest BCUT2D eigenvalue weighted by Gasteiger charge is 2.10. The Labute approximate surface area is 72.4 Å². The molecule has 1 rings (SSSR count). The van der Waals surface area contributed by atoms with Crippen LogP contribution in [-0.2, 0) is 0 Å². The van der Waals surface area contributed by atoms with Gasteiger partial charge in [0.25, 0.3) is 5.69 Å².